The molecule has 0 amide bonds. The Morgan fingerprint density at radius 1 is 1.41 bits per heavy atom. The molecule has 1 saturated heterocycles. The van der Waals surface area contributed by atoms with Crippen LogP contribution in [-0.2, 0) is 6.54 Å². The third kappa shape index (κ3) is 3.20. The Hall–Kier alpha value is -1.72. The van der Waals surface area contributed by atoms with Gasteiger partial charge in [-0.15, -0.1) is 0 Å². The molecule has 0 saturated carbocycles. The quantitative estimate of drug-likeness (QED) is 0.942. The van der Waals surface area contributed by atoms with Crippen molar-refractivity contribution in [1.29, 1.82) is 0 Å². The molecular formula is C17H21FN2O2. The van der Waals surface area contributed by atoms with Crippen molar-refractivity contribution in [2.75, 3.05) is 6.61 Å². The number of aliphatic hydroxyl groups is 1. The van der Waals surface area contributed by atoms with Crippen molar-refractivity contribution in [3.05, 3.63) is 42.0 Å². The molecule has 2 aromatic rings. The second kappa shape index (κ2) is 6.58. The summed E-state index contributed by atoms with van der Waals surface area (Å²) in [5.74, 6) is 0.127. The van der Waals surface area contributed by atoms with Gasteiger partial charge in [0.15, 0.2) is 0 Å². The Balaban J connectivity index is 1.76. The van der Waals surface area contributed by atoms with Crippen molar-refractivity contribution < 1.29 is 13.9 Å². The zero-order chi connectivity index (χ0) is 15.5. The number of hydrogen-bond donors (Lipinski definition) is 1. The Labute approximate surface area is 129 Å². The lowest BCUT2D eigenvalue weighted by Gasteiger charge is -2.39. The zero-order valence-electron chi connectivity index (χ0n) is 12.7. The lowest BCUT2D eigenvalue weighted by Crippen LogP contribution is -2.46. The number of benzene rings is 1. The van der Waals surface area contributed by atoms with Gasteiger partial charge in [-0.1, -0.05) is 12.5 Å². The topological polar surface area (TPSA) is 49.5 Å². The van der Waals surface area contributed by atoms with Gasteiger partial charge in [0.1, 0.15) is 12.1 Å². The summed E-state index contributed by atoms with van der Waals surface area (Å²) in [5, 5.41) is 9.54. The first-order valence-corrected chi connectivity index (χ1v) is 7.74. The van der Waals surface area contributed by atoms with Crippen molar-refractivity contribution in [2.45, 2.75) is 44.8 Å². The first-order valence-electron chi connectivity index (χ1n) is 7.74. The highest BCUT2D eigenvalue weighted by Gasteiger charge is 2.28. The molecule has 0 aliphatic carbocycles. The molecule has 2 unspecified atom stereocenters. The molecule has 1 aromatic carbocycles. The maximum atomic E-state index is 13.3. The molecule has 5 heteroatoms. The Morgan fingerprint density at radius 3 is 3.05 bits per heavy atom. The molecule has 2 atom stereocenters. The number of hydrogen-bond acceptors (Lipinski definition) is 4. The van der Waals surface area contributed by atoms with E-state index in [9.17, 15) is 9.50 Å². The largest absolute Gasteiger partial charge is 0.444 e. The van der Waals surface area contributed by atoms with Gasteiger partial charge in [0, 0.05) is 24.2 Å². The average molecular weight is 304 g/mol. The molecule has 1 aliphatic heterocycles. The van der Waals surface area contributed by atoms with E-state index in [1.807, 2.05) is 0 Å². The van der Waals surface area contributed by atoms with E-state index in [4.69, 9.17) is 4.42 Å². The Morgan fingerprint density at radius 2 is 2.27 bits per heavy atom. The summed E-state index contributed by atoms with van der Waals surface area (Å²) in [7, 11) is 0. The van der Waals surface area contributed by atoms with Crippen LogP contribution < -0.4 is 0 Å². The van der Waals surface area contributed by atoms with Gasteiger partial charge >= 0.3 is 0 Å². The second-order valence-corrected chi connectivity index (χ2v) is 5.94. The third-order valence-electron chi connectivity index (χ3n) is 4.37. The molecular weight excluding hydrogens is 283 g/mol. The summed E-state index contributed by atoms with van der Waals surface area (Å²) in [4.78, 5) is 6.74. The fourth-order valence-corrected chi connectivity index (χ4v) is 3.14. The molecule has 1 N–H and O–H groups in total. The van der Waals surface area contributed by atoms with Crippen molar-refractivity contribution >= 4 is 0 Å². The van der Waals surface area contributed by atoms with Crippen LogP contribution in [0.5, 0.6) is 0 Å². The van der Waals surface area contributed by atoms with Crippen molar-refractivity contribution in [3.8, 4) is 11.5 Å². The average Bonchev–Trinajstić information content (AvgIpc) is 2.98. The van der Waals surface area contributed by atoms with Gasteiger partial charge in [0.05, 0.1) is 12.3 Å². The fourth-order valence-electron chi connectivity index (χ4n) is 3.14. The van der Waals surface area contributed by atoms with E-state index < -0.39 is 0 Å². The number of nitrogens with zero attached hydrogens (tertiary/aromatic N) is 2. The molecule has 0 spiro atoms. The first kappa shape index (κ1) is 15.2. The van der Waals surface area contributed by atoms with Crippen LogP contribution >= 0.6 is 0 Å². The Kier molecular flexibility index (Phi) is 4.55. The number of oxazole rings is 1. The molecule has 1 aromatic heterocycles. The van der Waals surface area contributed by atoms with E-state index >= 15 is 0 Å². The van der Waals surface area contributed by atoms with Gasteiger partial charge in [-0.05, 0) is 38.0 Å². The minimum atomic E-state index is -0.303. The number of rotatable bonds is 4. The van der Waals surface area contributed by atoms with E-state index in [0.717, 1.165) is 25.0 Å². The molecule has 1 aliphatic rings. The molecule has 1 fully saturated rings. The number of likely N-dealkylation sites (tertiary alicyclic amines) is 1. The van der Waals surface area contributed by atoms with Crippen LogP contribution in [0, 0.1) is 5.82 Å². The van der Waals surface area contributed by atoms with Gasteiger partial charge < -0.3 is 9.52 Å². The lowest BCUT2D eigenvalue weighted by molar-refractivity contribution is 0.0442. The number of aliphatic hydroxyl groups excluding tert-OH is 1. The maximum Gasteiger partial charge on any atom is 0.226 e. The third-order valence-corrected chi connectivity index (χ3v) is 4.37. The summed E-state index contributed by atoms with van der Waals surface area (Å²) in [6.45, 7) is 2.99. The summed E-state index contributed by atoms with van der Waals surface area (Å²) < 4.78 is 18.8. The molecule has 3 rings (SSSR count). The van der Waals surface area contributed by atoms with Gasteiger partial charge in [0.2, 0.25) is 5.89 Å². The smallest absolute Gasteiger partial charge is 0.226 e. The predicted octanol–water partition coefficient (Wildman–Crippen LogP) is 3.22. The molecule has 118 valence electrons. The molecule has 4 nitrogen and oxygen atoms in total. The number of piperidine rings is 1. The number of halogens is 1. The van der Waals surface area contributed by atoms with Gasteiger partial charge in [-0.3, -0.25) is 4.90 Å². The first-order chi connectivity index (χ1) is 10.7. The van der Waals surface area contributed by atoms with E-state index in [2.05, 4.69) is 16.8 Å². The van der Waals surface area contributed by atoms with Crippen molar-refractivity contribution in [3.63, 3.8) is 0 Å². The van der Waals surface area contributed by atoms with E-state index in [1.165, 1.54) is 12.1 Å². The van der Waals surface area contributed by atoms with Gasteiger partial charge in [-0.2, -0.15) is 0 Å². The van der Waals surface area contributed by atoms with Gasteiger partial charge in [0.25, 0.3) is 0 Å². The van der Waals surface area contributed by atoms with E-state index in [1.54, 1.807) is 18.4 Å². The van der Waals surface area contributed by atoms with Crippen LogP contribution in [0.1, 0.15) is 31.9 Å². The van der Waals surface area contributed by atoms with Crippen LogP contribution in [-0.4, -0.2) is 33.7 Å². The highest BCUT2D eigenvalue weighted by molar-refractivity contribution is 5.52. The zero-order valence-corrected chi connectivity index (χ0v) is 12.7. The van der Waals surface area contributed by atoms with Crippen LogP contribution in [0.25, 0.3) is 11.5 Å². The van der Waals surface area contributed by atoms with Crippen LogP contribution in [0.15, 0.2) is 34.9 Å². The Bertz CT molecular complexity index is 629. The van der Waals surface area contributed by atoms with Crippen LogP contribution in [0.3, 0.4) is 0 Å². The normalized spacial score (nSPS) is 22.9. The fraction of sp³-hybridized carbons (Fsp3) is 0.471. The monoisotopic (exact) mass is 304 g/mol. The summed E-state index contributed by atoms with van der Waals surface area (Å²) >= 11 is 0. The van der Waals surface area contributed by atoms with E-state index in [0.29, 0.717) is 24.0 Å². The molecule has 0 bridgehead atoms. The maximum absolute atomic E-state index is 13.3. The van der Waals surface area contributed by atoms with E-state index in [-0.39, 0.29) is 18.5 Å². The molecule has 0 radical (unpaired) electrons. The van der Waals surface area contributed by atoms with Gasteiger partial charge in [-0.25, -0.2) is 9.37 Å². The van der Waals surface area contributed by atoms with Crippen molar-refractivity contribution in [2.24, 2.45) is 0 Å². The SMILES string of the molecule is CC1CCCC(CO)N1Cc1coc(-c2cccc(F)c2)n1. The minimum absolute atomic E-state index is 0.166. The second-order valence-electron chi connectivity index (χ2n) is 5.94. The summed E-state index contributed by atoms with van der Waals surface area (Å²) in [6.07, 6.45) is 4.91. The minimum Gasteiger partial charge on any atom is -0.444 e. The highest BCUT2D eigenvalue weighted by Crippen LogP contribution is 2.26. The standard InChI is InChI=1S/C17H21FN2O2/c1-12-4-2-7-16(10-21)20(12)9-15-11-22-17(19-15)13-5-3-6-14(18)8-13/h3,5-6,8,11-12,16,21H,2,4,7,9-10H2,1H3. The summed E-state index contributed by atoms with van der Waals surface area (Å²) in [6, 6.07) is 6.82. The molecule has 22 heavy (non-hydrogen) atoms. The number of aromatic nitrogens is 1. The highest BCUT2D eigenvalue weighted by atomic mass is 19.1. The lowest BCUT2D eigenvalue weighted by atomic mass is 9.97. The van der Waals surface area contributed by atoms with Crippen molar-refractivity contribution in [1.82, 2.24) is 9.88 Å². The molecule has 2 heterocycles. The summed E-state index contributed by atoms with van der Waals surface area (Å²) in [5.41, 5.74) is 1.45. The van der Waals surface area contributed by atoms with Crippen LogP contribution in [0.4, 0.5) is 4.39 Å². The predicted molar refractivity (Wildman–Crippen MR) is 81.6 cm³/mol. The van der Waals surface area contributed by atoms with Crippen LogP contribution in [0.2, 0.25) is 0 Å².